The number of nitrogen functional groups attached to an aromatic ring is 1. The zero-order chi connectivity index (χ0) is 17.4. The van der Waals surface area contributed by atoms with Gasteiger partial charge in [-0.15, -0.1) is 5.10 Å². The number of anilines is 3. The molecule has 0 saturated carbocycles. The Hall–Kier alpha value is -2.62. The molecule has 0 aliphatic carbocycles. The Bertz CT molecular complexity index is 833. The van der Waals surface area contributed by atoms with Gasteiger partial charge in [0.2, 0.25) is 11.9 Å². The molecule has 2 rings (SSSR count). The van der Waals surface area contributed by atoms with Crippen LogP contribution in [-0.2, 0) is 6.18 Å². The molecule has 1 aromatic carbocycles. The summed E-state index contributed by atoms with van der Waals surface area (Å²) in [5, 5.41) is 13.3. The van der Waals surface area contributed by atoms with Crippen molar-refractivity contribution in [2.75, 3.05) is 11.1 Å². The molecule has 1 heterocycles. The third-order valence-corrected chi connectivity index (χ3v) is 3.03. The number of hydrogen-bond donors (Lipinski definition) is 3. The molecule has 0 aliphatic heterocycles. The summed E-state index contributed by atoms with van der Waals surface area (Å²) in [7, 11) is 0. The van der Waals surface area contributed by atoms with Gasteiger partial charge in [-0.25, -0.2) is 0 Å². The number of aromatic nitrogens is 3. The van der Waals surface area contributed by atoms with Crippen molar-refractivity contribution >= 4 is 35.0 Å². The molecule has 7 nitrogen and oxygen atoms in total. The Balaban J connectivity index is 2.44. The molecule has 0 spiro atoms. The van der Waals surface area contributed by atoms with Gasteiger partial charge in [0, 0.05) is 12.6 Å². The van der Waals surface area contributed by atoms with E-state index >= 15 is 0 Å². The molecule has 0 atom stereocenters. The molecular formula is C12H10ClF3N6O. The number of rotatable bonds is 2. The highest BCUT2D eigenvalue weighted by atomic mass is 35.5. The average molecular weight is 347 g/mol. The molecule has 122 valence electrons. The molecular weight excluding hydrogens is 337 g/mol. The van der Waals surface area contributed by atoms with E-state index in [4.69, 9.17) is 22.7 Å². The van der Waals surface area contributed by atoms with E-state index < -0.39 is 28.2 Å². The van der Waals surface area contributed by atoms with E-state index in [0.29, 0.717) is 4.68 Å². The quantitative estimate of drug-likeness (QED) is 0.773. The highest BCUT2D eigenvalue weighted by molar-refractivity contribution is 6.31. The molecule has 0 aliphatic rings. The van der Waals surface area contributed by atoms with Crippen LogP contribution in [0, 0.1) is 5.41 Å². The summed E-state index contributed by atoms with van der Waals surface area (Å²) in [4.78, 5) is 15.1. The number of nitrogens with two attached hydrogens (primary N) is 1. The lowest BCUT2D eigenvalue weighted by molar-refractivity contribution is -0.137. The van der Waals surface area contributed by atoms with Crippen LogP contribution in [0.4, 0.5) is 30.6 Å². The third kappa shape index (κ3) is 3.59. The van der Waals surface area contributed by atoms with E-state index in [1.165, 1.54) is 6.07 Å². The van der Waals surface area contributed by atoms with Crippen LogP contribution >= 0.6 is 11.6 Å². The zero-order valence-electron chi connectivity index (χ0n) is 11.6. The van der Waals surface area contributed by atoms with Gasteiger partial charge in [-0.1, -0.05) is 11.6 Å². The molecule has 1 aromatic heterocycles. The molecule has 0 saturated heterocycles. The molecule has 4 N–H and O–H groups in total. The Morgan fingerprint density at radius 3 is 2.65 bits per heavy atom. The minimum absolute atomic E-state index is 0.00559. The Morgan fingerprint density at radius 2 is 2.09 bits per heavy atom. The van der Waals surface area contributed by atoms with E-state index in [9.17, 15) is 18.0 Å². The second-order valence-corrected chi connectivity index (χ2v) is 4.82. The molecule has 2 aromatic rings. The average Bonchev–Trinajstić information content (AvgIpc) is 2.43. The lowest BCUT2D eigenvalue weighted by Gasteiger charge is -2.12. The predicted molar refractivity (Wildman–Crippen MR) is 76.3 cm³/mol. The summed E-state index contributed by atoms with van der Waals surface area (Å²) >= 11 is 5.52. The van der Waals surface area contributed by atoms with Crippen molar-refractivity contribution in [3.63, 3.8) is 0 Å². The van der Waals surface area contributed by atoms with Crippen LogP contribution in [0.25, 0.3) is 0 Å². The van der Waals surface area contributed by atoms with Crippen molar-refractivity contribution in [3.8, 4) is 0 Å². The predicted octanol–water partition coefficient (Wildman–Crippen LogP) is 2.42. The van der Waals surface area contributed by atoms with E-state index in [0.717, 1.165) is 19.1 Å². The number of nitrogens with zero attached hydrogens (tertiary/aromatic N) is 3. The summed E-state index contributed by atoms with van der Waals surface area (Å²) in [5.41, 5.74) is 4.02. The fraction of sp³-hybridized carbons (Fsp3) is 0.167. The molecule has 0 fully saturated rings. The topological polar surface area (TPSA) is 110 Å². The third-order valence-electron chi connectivity index (χ3n) is 2.70. The standard InChI is InChI=1S/C12H10ClF3N6O/c1-5(23)22-10(18)9(17)20-11(21-22)19-6-2-3-8(13)7(4-6)12(14,15)16/h2-4,18H,1H3,(H3,17,19,20,21). The molecule has 0 amide bonds. The number of hydrogen-bond acceptors (Lipinski definition) is 6. The molecule has 0 radical (unpaired) electrons. The monoisotopic (exact) mass is 346 g/mol. The van der Waals surface area contributed by atoms with Crippen LogP contribution in [-0.4, -0.2) is 20.7 Å². The smallest absolute Gasteiger partial charge is 0.380 e. The van der Waals surface area contributed by atoms with Crippen LogP contribution in [0.5, 0.6) is 0 Å². The van der Waals surface area contributed by atoms with Crippen molar-refractivity contribution in [1.29, 1.82) is 5.41 Å². The first kappa shape index (κ1) is 16.7. The van der Waals surface area contributed by atoms with Crippen LogP contribution in [0.3, 0.4) is 0 Å². The van der Waals surface area contributed by atoms with E-state index in [1.807, 2.05) is 0 Å². The number of alkyl halides is 3. The Kier molecular flexibility index (Phi) is 4.28. The van der Waals surface area contributed by atoms with Gasteiger partial charge in [0.05, 0.1) is 10.6 Å². The molecule has 0 unspecified atom stereocenters. The van der Waals surface area contributed by atoms with Crippen LogP contribution in [0.1, 0.15) is 17.3 Å². The van der Waals surface area contributed by atoms with Crippen LogP contribution in [0.15, 0.2) is 18.2 Å². The fourth-order valence-electron chi connectivity index (χ4n) is 1.67. The van der Waals surface area contributed by atoms with Crippen LogP contribution in [0.2, 0.25) is 5.02 Å². The normalized spacial score (nSPS) is 11.3. The lowest BCUT2D eigenvalue weighted by Crippen LogP contribution is -2.31. The number of nitrogens with one attached hydrogen (secondary N) is 2. The van der Waals surface area contributed by atoms with Gasteiger partial charge in [-0.2, -0.15) is 22.8 Å². The first-order valence-electron chi connectivity index (χ1n) is 6.05. The minimum Gasteiger partial charge on any atom is -0.380 e. The zero-order valence-corrected chi connectivity index (χ0v) is 12.3. The van der Waals surface area contributed by atoms with Crippen LogP contribution < -0.4 is 16.5 Å². The first-order valence-corrected chi connectivity index (χ1v) is 6.43. The lowest BCUT2D eigenvalue weighted by atomic mass is 10.2. The summed E-state index contributed by atoms with van der Waals surface area (Å²) in [6, 6.07) is 3.12. The van der Waals surface area contributed by atoms with Gasteiger partial charge in [0.25, 0.3) is 0 Å². The van der Waals surface area contributed by atoms with Crippen molar-refractivity contribution in [3.05, 3.63) is 34.3 Å². The number of carbonyl (C=O) groups is 1. The minimum atomic E-state index is -4.63. The SMILES string of the molecule is CC(=O)n1nc(Nc2ccc(Cl)c(C(F)(F)F)c2)nc(N)c1=N. The maximum absolute atomic E-state index is 12.8. The van der Waals surface area contributed by atoms with Crippen molar-refractivity contribution in [2.24, 2.45) is 0 Å². The van der Waals surface area contributed by atoms with Gasteiger partial charge in [0.15, 0.2) is 11.3 Å². The Labute approximate surface area is 132 Å². The molecule has 0 bridgehead atoms. The number of carbonyl (C=O) groups excluding carboxylic acids is 1. The highest BCUT2D eigenvalue weighted by Crippen LogP contribution is 2.36. The highest BCUT2D eigenvalue weighted by Gasteiger charge is 2.33. The second kappa shape index (κ2) is 5.88. The van der Waals surface area contributed by atoms with Gasteiger partial charge in [-0.05, 0) is 18.2 Å². The fourth-order valence-corrected chi connectivity index (χ4v) is 1.90. The second-order valence-electron chi connectivity index (χ2n) is 4.42. The number of benzene rings is 1. The van der Waals surface area contributed by atoms with Gasteiger partial charge < -0.3 is 11.1 Å². The van der Waals surface area contributed by atoms with E-state index in [-0.39, 0.29) is 17.5 Å². The van der Waals surface area contributed by atoms with Gasteiger partial charge >= 0.3 is 6.18 Å². The number of halogens is 4. The van der Waals surface area contributed by atoms with Crippen molar-refractivity contribution in [2.45, 2.75) is 13.1 Å². The molecule has 11 heteroatoms. The van der Waals surface area contributed by atoms with Gasteiger partial charge in [-0.3, -0.25) is 10.2 Å². The summed E-state index contributed by atoms with van der Waals surface area (Å²) in [6.45, 7) is 1.15. The Morgan fingerprint density at radius 1 is 1.43 bits per heavy atom. The summed E-state index contributed by atoms with van der Waals surface area (Å²) in [5.74, 6) is -1.13. The van der Waals surface area contributed by atoms with Gasteiger partial charge in [0.1, 0.15) is 0 Å². The summed E-state index contributed by atoms with van der Waals surface area (Å²) < 4.78 is 39.1. The van der Waals surface area contributed by atoms with Crippen molar-refractivity contribution < 1.29 is 18.0 Å². The van der Waals surface area contributed by atoms with E-state index in [1.54, 1.807) is 0 Å². The summed E-state index contributed by atoms with van der Waals surface area (Å²) in [6.07, 6.45) is -4.63. The molecule has 23 heavy (non-hydrogen) atoms. The van der Waals surface area contributed by atoms with Crippen molar-refractivity contribution in [1.82, 2.24) is 14.8 Å². The van der Waals surface area contributed by atoms with E-state index in [2.05, 4.69) is 15.4 Å². The largest absolute Gasteiger partial charge is 0.417 e. The maximum Gasteiger partial charge on any atom is 0.417 e. The maximum atomic E-state index is 12.8. The first-order chi connectivity index (χ1) is 10.6.